The fourth-order valence-corrected chi connectivity index (χ4v) is 3.22. The molecule has 6 nitrogen and oxygen atoms in total. The third kappa shape index (κ3) is 2.44. The number of nitrogens with zero attached hydrogens (tertiary/aromatic N) is 2. The van der Waals surface area contributed by atoms with E-state index in [0.29, 0.717) is 44.1 Å². The number of benzene rings is 1. The van der Waals surface area contributed by atoms with Gasteiger partial charge in [0.25, 0.3) is 0 Å². The number of aromatic nitrogens is 2. The van der Waals surface area contributed by atoms with Crippen LogP contribution in [0.25, 0.3) is 16.9 Å². The first kappa shape index (κ1) is 15.1. The summed E-state index contributed by atoms with van der Waals surface area (Å²) in [6, 6.07) is 6.90. The second-order valence-electron chi connectivity index (χ2n) is 5.25. The van der Waals surface area contributed by atoms with Crippen molar-refractivity contribution in [3.63, 3.8) is 0 Å². The van der Waals surface area contributed by atoms with E-state index in [2.05, 4.69) is 4.98 Å². The Morgan fingerprint density at radius 1 is 1.25 bits per heavy atom. The molecule has 1 aliphatic heterocycles. The lowest BCUT2D eigenvalue weighted by Crippen LogP contribution is -2.04. The first-order valence-electron chi connectivity index (χ1n) is 7.01. The average Bonchev–Trinajstić information content (AvgIpc) is 3.11. The number of halogens is 2. The van der Waals surface area contributed by atoms with Crippen LogP contribution < -0.4 is 9.47 Å². The third-order valence-corrected chi connectivity index (χ3v) is 4.19. The Morgan fingerprint density at radius 2 is 2.04 bits per heavy atom. The highest BCUT2D eigenvalue weighted by Gasteiger charge is 2.21. The van der Waals surface area contributed by atoms with Crippen LogP contribution in [0.1, 0.15) is 5.69 Å². The number of pyridine rings is 1. The van der Waals surface area contributed by atoms with Crippen LogP contribution in [0.15, 0.2) is 30.5 Å². The fraction of sp³-hybridized carbons (Fsp3) is 0.125. The second-order valence-corrected chi connectivity index (χ2v) is 6.09. The van der Waals surface area contributed by atoms with Gasteiger partial charge in [0.1, 0.15) is 0 Å². The summed E-state index contributed by atoms with van der Waals surface area (Å²) in [6.07, 6.45) is 1.38. The SMILES string of the molecule is O=C(O)Cc1c(-c2ccc3c(c2)OCO3)nc2c(Cl)cc(Cl)cn12. The molecule has 1 aliphatic rings. The molecule has 0 spiro atoms. The summed E-state index contributed by atoms with van der Waals surface area (Å²) in [6.45, 7) is 0.160. The summed E-state index contributed by atoms with van der Waals surface area (Å²) in [4.78, 5) is 15.8. The maximum absolute atomic E-state index is 11.3. The van der Waals surface area contributed by atoms with Crippen molar-refractivity contribution < 1.29 is 19.4 Å². The Morgan fingerprint density at radius 3 is 2.83 bits per heavy atom. The largest absolute Gasteiger partial charge is 0.481 e. The van der Waals surface area contributed by atoms with Gasteiger partial charge in [-0.1, -0.05) is 23.2 Å². The van der Waals surface area contributed by atoms with Crippen LogP contribution in [0.5, 0.6) is 11.5 Å². The van der Waals surface area contributed by atoms with Crippen molar-refractivity contribution in [2.45, 2.75) is 6.42 Å². The summed E-state index contributed by atoms with van der Waals surface area (Å²) in [5, 5.41) is 10.0. The van der Waals surface area contributed by atoms with Crippen LogP contribution in [0.3, 0.4) is 0 Å². The molecule has 0 fully saturated rings. The highest BCUT2D eigenvalue weighted by atomic mass is 35.5. The van der Waals surface area contributed by atoms with E-state index in [1.54, 1.807) is 34.9 Å². The number of fused-ring (bicyclic) bond motifs is 2. The molecule has 0 saturated heterocycles. The molecule has 0 bridgehead atoms. The average molecular weight is 365 g/mol. The van der Waals surface area contributed by atoms with E-state index in [4.69, 9.17) is 32.7 Å². The molecule has 0 aliphatic carbocycles. The number of hydrogen-bond acceptors (Lipinski definition) is 4. The number of carbonyl (C=O) groups is 1. The predicted octanol–water partition coefficient (Wildman–Crippen LogP) is 3.66. The number of aliphatic carboxylic acids is 1. The van der Waals surface area contributed by atoms with E-state index in [9.17, 15) is 9.90 Å². The van der Waals surface area contributed by atoms with Crippen molar-refractivity contribution in [2.24, 2.45) is 0 Å². The standard InChI is InChI=1S/C16H10Cl2N2O4/c17-9-4-10(18)16-19-15(11(5-14(21)22)20(16)6-9)8-1-2-12-13(3-8)24-7-23-12/h1-4,6H,5,7H2,(H,21,22). The smallest absolute Gasteiger partial charge is 0.309 e. The molecular formula is C16H10Cl2N2O4. The van der Waals surface area contributed by atoms with Gasteiger partial charge in [0.05, 0.1) is 27.9 Å². The quantitative estimate of drug-likeness (QED) is 0.767. The molecule has 0 amide bonds. The van der Waals surface area contributed by atoms with Crippen LogP contribution in [0.2, 0.25) is 10.0 Å². The number of hydrogen-bond donors (Lipinski definition) is 1. The second kappa shape index (κ2) is 5.58. The molecule has 2 aromatic heterocycles. The summed E-state index contributed by atoms with van der Waals surface area (Å²) < 4.78 is 12.3. The Hall–Kier alpha value is -2.44. The molecule has 0 atom stereocenters. The van der Waals surface area contributed by atoms with Crippen molar-refractivity contribution in [1.29, 1.82) is 0 Å². The molecule has 1 aromatic carbocycles. The molecular weight excluding hydrogens is 355 g/mol. The van der Waals surface area contributed by atoms with Crippen molar-refractivity contribution in [3.8, 4) is 22.8 Å². The zero-order valence-electron chi connectivity index (χ0n) is 12.1. The number of rotatable bonds is 3. The van der Waals surface area contributed by atoms with E-state index < -0.39 is 5.97 Å². The summed E-state index contributed by atoms with van der Waals surface area (Å²) >= 11 is 12.3. The van der Waals surface area contributed by atoms with Crippen LogP contribution in [0, 0.1) is 0 Å². The molecule has 24 heavy (non-hydrogen) atoms. The van der Waals surface area contributed by atoms with Gasteiger partial charge in [-0.15, -0.1) is 0 Å². The topological polar surface area (TPSA) is 73.1 Å². The Balaban J connectivity index is 1.97. The van der Waals surface area contributed by atoms with Crippen molar-refractivity contribution in [3.05, 3.63) is 46.2 Å². The molecule has 0 saturated carbocycles. The Labute approximate surface area is 146 Å². The lowest BCUT2D eigenvalue weighted by Gasteiger charge is -2.04. The van der Waals surface area contributed by atoms with Crippen LogP contribution in [-0.4, -0.2) is 27.3 Å². The predicted molar refractivity (Wildman–Crippen MR) is 88.1 cm³/mol. The van der Waals surface area contributed by atoms with Gasteiger partial charge in [-0.25, -0.2) is 4.98 Å². The highest BCUT2D eigenvalue weighted by molar-refractivity contribution is 6.36. The van der Waals surface area contributed by atoms with E-state index in [1.807, 2.05) is 0 Å². The number of ether oxygens (including phenoxy) is 2. The third-order valence-electron chi connectivity index (χ3n) is 3.71. The zero-order chi connectivity index (χ0) is 16.8. The molecule has 3 aromatic rings. The Bertz CT molecular complexity index is 984. The normalized spacial score (nSPS) is 12.8. The maximum Gasteiger partial charge on any atom is 0.309 e. The van der Waals surface area contributed by atoms with Gasteiger partial charge < -0.3 is 19.0 Å². The number of carboxylic acids is 1. The minimum atomic E-state index is -0.977. The summed E-state index contributed by atoms with van der Waals surface area (Å²) in [7, 11) is 0. The monoisotopic (exact) mass is 364 g/mol. The van der Waals surface area contributed by atoms with Gasteiger partial charge in [0.2, 0.25) is 6.79 Å². The van der Waals surface area contributed by atoms with Gasteiger partial charge in [-0.05, 0) is 24.3 Å². The van der Waals surface area contributed by atoms with E-state index >= 15 is 0 Å². The van der Waals surface area contributed by atoms with Gasteiger partial charge in [-0.2, -0.15) is 0 Å². The van der Waals surface area contributed by atoms with Crippen molar-refractivity contribution >= 4 is 34.8 Å². The van der Waals surface area contributed by atoms with Gasteiger partial charge >= 0.3 is 5.97 Å². The summed E-state index contributed by atoms with van der Waals surface area (Å²) in [5.41, 5.74) is 2.16. The van der Waals surface area contributed by atoms with Crippen molar-refractivity contribution in [1.82, 2.24) is 9.38 Å². The van der Waals surface area contributed by atoms with E-state index in [-0.39, 0.29) is 13.2 Å². The molecule has 8 heteroatoms. The van der Waals surface area contributed by atoms with Gasteiger partial charge in [0, 0.05) is 11.8 Å². The van der Waals surface area contributed by atoms with Gasteiger partial charge in [-0.3, -0.25) is 4.79 Å². The van der Waals surface area contributed by atoms with E-state index in [0.717, 1.165) is 0 Å². The summed E-state index contributed by atoms with van der Waals surface area (Å²) in [5.74, 6) is 0.258. The van der Waals surface area contributed by atoms with Crippen LogP contribution >= 0.6 is 23.2 Å². The number of imidazole rings is 1. The molecule has 1 N–H and O–H groups in total. The molecule has 0 unspecified atom stereocenters. The molecule has 0 radical (unpaired) electrons. The minimum absolute atomic E-state index is 0.160. The lowest BCUT2D eigenvalue weighted by atomic mass is 10.1. The lowest BCUT2D eigenvalue weighted by molar-refractivity contribution is -0.136. The molecule has 122 valence electrons. The van der Waals surface area contributed by atoms with E-state index in [1.165, 1.54) is 0 Å². The first-order valence-corrected chi connectivity index (χ1v) is 7.76. The van der Waals surface area contributed by atoms with Gasteiger partial charge in [0.15, 0.2) is 17.1 Å². The minimum Gasteiger partial charge on any atom is -0.481 e. The fourth-order valence-electron chi connectivity index (χ4n) is 2.71. The Kier molecular flexibility index (Phi) is 3.51. The zero-order valence-corrected chi connectivity index (χ0v) is 13.6. The van der Waals surface area contributed by atoms with Crippen molar-refractivity contribution in [2.75, 3.05) is 6.79 Å². The first-order chi connectivity index (χ1) is 11.5. The number of carboxylic acid groups (broad SMARTS) is 1. The van der Waals surface area contributed by atoms with Crippen LogP contribution in [0.4, 0.5) is 0 Å². The maximum atomic E-state index is 11.3. The molecule has 3 heterocycles. The van der Waals surface area contributed by atoms with Crippen LogP contribution in [-0.2, 0) is 11.2 Å². The highest BCUT2D eigenvalue weighted by Crippen LogP contribution is 2.37. The molecule has 4 rings (SSSR count).